The van der Waals surface area contributed by atoms with Gasteiger partial charge in [-0.05, 0) is 19.0 Å². The van der Waals surface area contributed by atoms with E-state index in [1.807, 2.05) is 7.05 Å². The molecule has 1 aliphatic rings. The van der Waals surface area contributed by atoms with Crippen molar-refractivity contribution in [2.45, 2.75) is 12.5 Å². The molecule has 1 atom stereocenters. The van der Waals surface area contributed by atoms with E-state index in [-0.39, 0.29) is 6.10 Å². The van der Waals surface area contributed by atoms with Crippen molar-refractivity contribution in [3.63, 3.8) is 0 Å². The van der Waals surface area contributed by atoms with Crippen LogP contribution >= 0.6 is 0 Å². The van der Waals surface area contributed by atoms with Crippen molar-refractivity contribution in [3.8, 4) is 0 Å². The Labute approximate surface area is 55.8 Å². The Bertz CT molecular complexity index is 122. The SMILES string of the molecule is C=C1CCN(C)CC1O. The van der Waals surface area contributed by atoms with E-state index in [4.69, 9.17) is 0 Å². The Kier molecular flexibility index (Phi) is 1.88. The van der Waals surface area contributed by atoms with E-state index in [0.29, 0.717) is 0 Å². The second kappa shape index (κ2) is 2.50. The van der Waals surface area contributed by atoms with Gasteiger partial charge in [-0.15, -0.1) is 0 Å². The van der Waals surface area contributed by atoms with E-state index >= 15 is 0 Å². The molecule has 52 valence electrons. The molecule has 1 fully saturated rings. The number of hydrogen-bond donors (Lipinski definition) is 1. The maximum absolute atomic E-state index is 9.21. The molecule has 0 aliphatic carbocycles. The predicted octanol–water partition coefficient (Wildman–Crippen LogP) is 0.239. The lowest BCUT2D eigenvalue weighted by molar-refractivity contribution is 0.129. The second-order valence-electron chi connectivity index (χ2n) is 2.69. The van der Waals surface area contributed by atoms with Gasteiger partial charge in [-0.1, -0.05) is 6.58 Å². The van der Waals surface area contributed by atoms with Crippen LogP contribution in [0, 0.1) is 0 Å². The molecule has 0 spiro atoms. The molecule has 2 nitrogen and oxygen atoms in total. The van der Waals surface area contributed by atoms with Gasteiger partial charge in [0.1, 0.15) is 0 Å². The summed E-state index contributed by atoms with van der Waals surface area (Å²) in [5, 5.41) is 9.21. The molecule has 2 heteroatoms. The summed E-state index contributed by atoms with van der Waals surface area (Å²) in [5.41, 5.74) is 0.980. The van der Waals surface area contributed by atoms with Gasteiger partial charge < -0.3 is 10.0 Å². The number of piperidine rings is 1. The molecule has 1 rings (SSSR count). The number of likely N-dealkylation sites (N-methyl/N-ethyl adjacent to an activating group) is 1. The van der Waals surface area contributed by atoms with Crippen molar-refractivity contribution in [1.82, 2.24) is 4.90 Å². The van der Waals surface area contributed by atoms with E-state index in [1.165, 1.54) is 0 Å². The highest BCUT2D eigenvalue weighted by atomic mass is 16.3. The molecule has 0 aromatic carbocycles. The molecule has 1 aliphatic heterocycles. The average molecular weight is 127 g/mol. The summed E-state index contributed by atoms with van der Waals surface area (Å²) in [4.78, 5) is 2.11. The molecule has 1 unspecified atom stereocenters. The molecule has 9 heavy (non-hydrogen) atoms. The normalized spacial score (nSPS) is 30.9. The number of aliphatic hydroxyl groups excluding tert-OH is 1. The fourth-order valence-corrected chi connectivity index (χ4v) is 1.02. The summed E-state index contributed by atoms with van der Waals surface area (Å²) in [6.45, 7) is 5.54. The van der Waals surface area contributed by atoms with Gasteiger partial charge >= 0.3 is 0 Å². The Morgan fingerprint density at radius 3 is 2.89 bits per heavy atom. The highest BCUT2D eigenvalue weighted by molar-refractivity contribution is 5.05. The molecule has 0 amide bonds. The first-order valence-electron chi connectivity index (χ1n) is 3.24. The molecule has 0 saturated carbocycles. The van der Waals surface area contributed by atoms with Crippen LogP contribution in [0.15, 0.2) is 12.2 Å². The fourth-order valence-electron chi connectivity index (χ4n) is 1.02. The number of hydrogen-bond acceptors (Lipinski definition) is 2. The smallest absolute Gasteiger partial charge is 0.0874 e. The van der Waals surface area contributed by atoms with Crippen molar-refractivity contribution in [2.75, 3.05) is 20.1 Å². The molecule has 1 saturated heterocycles. The van der Waals surface area contributed by atoms with Crippen LogP contribution < -0.4 is 0 Å². The van der Waals surface area contributed by atoms with Crippen LogP contribution in [0.4, 0.5) is 0 Å². The van der Waals surface area contributed by atoms with Crippen LogP contribution in [0.2, 0.25) is 0 Å². The predicted molar refractivity (Wildman–Crippen MR) is 37.3 cm³/mol. The van der Waals surface area contributed by atoms with Crippen molar-refractivity contribution >= 4 is 0 Å². The minimum Gasteiger partial charge on any atom is -0.387 e. The third-order valence-electron chi connectivity index (χ3n) is 1.77. The van der Waals surface area contributed by atoms with Gasteiger partial charge in [0.25, 0.3) is 0 Å². The molecule has 0 radical (unpaired) electrons. The monoisotopic (exact) mass is 127 g/mol. The van der Waals surface area contributed by atoms with Gasteiger partial charge in [0.15, 0.2) is 0 Å². The summed E-state index contributed by atoms with van der Waals surface area (Å²) < 4.78 is 0. The zero-order valence-electron chi connectivity index (χ0n) is 5.80. The Balaban J connectivity index is 2.44. The largest absolute Gasteiger partial charge is 0.387 e. The molecule has 1 heterocycles. The van der Waals surface area contributed by atoms with Crippen LogP contribution in [0.1, 0.15) is 6.42 Å². The van der Waals surface area contributed by atoms with Crippen LogP contribution in [-0.4, -0.2) is 36.2 Å². The minimum atomic E-state index is -0.288. The zero-order chi connectivity index (χ0) is 6.85. The summed E-state index contributed by atoms with van der Waals surface area (Å²) in [5.74, 6) is 0. The maximum atomic E-state index is 9.21. The second-order valence-corrected chi connectivity index (χ2v) is 2.69. The van der Waals surface area contributed by atoms with Crippen molar-refractivity contribution in [1.29, 1.82) is 0 Å². The molecule has 1 N–H and O–H groups in total. The first-order valence-corrected chi connectivity index (χ1v) is 3.24. The summed E-state index contributed by atoms with van der Waals surface area (Å²) in [6.07, 6.45) is 0.654. The zero-order valence-corrected chi connectivity index (χ0v) is 5.80. The Hall–Kier alpha value is -0.340. The van der Waals surface area contributed by atoms with Crippen molar-refractivity contribution in [2.24, 2.45) is 0 Å². The topological polar surface area (TPSA) is 23.5 Å². The van der Waals surface area contributed by atoms with Crippen LogP contribution in [0.3, 0.4) is 0 Å². The van der Waals surface area contributed by atoms with Crippen LogP contribution in [-0.2, 0) is 0 Å². The molecule has 0 bridgehead atoms. The Morgan fingerprint density at radius 1 is 1.78 bits per heavy atom. The van der Waals surface area contributed by atoms with Crippen LogP contribution in [0.5, 0.6) is 0 Å². The lowest BCUT2D eigenvalue weighted by Gasteiger charge is -2.27. The van der Waals surface area contributed by atoms with Gasteiger partial charge in [-0.25, -0.2) is 0 Å². The molecular weight excluding hydrogens is 114 g/mol. The number of rotatable bonds is 0. The van der Waals surface area contributed by atoms with E-state index in [1.54, 1.807) is 0 Å². The quantitative estimate of drug-likeness (QED) is 0.471. The van der Waals surface area contributed by atoms with Gasteiger partial charge in [-0.3, -0.25) is 0 Å². The van der Waals surface area contributed by atoms with Gasteiger partial charge in [-0.2, -0.15) is 0 Å². The van der Waals surface area contributed by atoms with Crippen LogP contribution in [0.25, 0.3) is 0 Å². The Morgan fingerprint density at radius 2 is 2.44 bits per heavy atom. The maximum Gasteiger partial charge on any atom is 0.0874 e. The van der Waals surface area contributed by atoms with E-state index in [2.05, 4.69) is 11.5 Å². The number of β-amino-alcohol motifs (C(OH)–C–C–N with tert-alkyl or cyclic N) is 1. The van der Waals surface area contributed by atoms with Crippen molar-refractivity contribution < 1.29 is 5.11 Å². The van der Waals surface area contributed by atoms with E-state index in [9.17, 15) is 5.11 Å². The molecule has 0 aromatic rings. The first-order chi connectivity index (χ1) is 4.20. The van der Waals surface area contributed by atoms with E-state index in [0.717, 1.165) is 25.1 Å². The average Bonchev–Trinajstić information content (AvgIpc) is 1.80. The summed E-state index contributed by atoms with van der Waals surface area (Å²) >= 11 is 0. The first kappa shape index (κ1) is 6.78. The fraction of sp³-hybridized carbons (Fsp3) is 0.714. The summed E-state index contributed by atoms with van der Waals surface area (Å²) in [6, 6.07) is 0. The van der Waals surface area contributed by atoms with Crippen molar-refractivity contribution in [3.05, 3.63) is 12.2 Å². The minimum absolute atomic E-state index is 0.288. The third-order valence-corrected chi connectivity index (χ3v) is 1.77. The highest BCUT2D eigenvalue weighted by Gasteiger charge is 2.16. The lowest BCUT2D eigenvalue weighted by atomic mass is 10.0. The van der Waals surface area contributed by atoms with Gasteiger partial charge in [0.2, 0.25) is 0 Å². The summed E-state index contributed by atoms with van der Waals surface area (Å²) in [7, 11) is 2.01. The third kappa shape index (κ3) is 1.53. The van der Waals surface area contributed by atoms with Gasteiger partial charge in [0, 0.05) is 13.1 Å². The van der Waals surface area contributed by atoms with Gasteiger partial charge in [0.05, 0.1) is 6.10 Å². The number of nitrogens with zero attached hydrogens (tertiary/aromatic N) is 1. The molecule has 0 aromatic heterocycles. The lowest BCUT2D eigenvalue weighted by Crippen LogP contribution is -2.36. The molecular formula is C7H13NO. The highest BCUT2D eigenvalue weighted by Crippen LogP contribution is 2.12. The number of likely N-dealkylation sites (tertiary alicyclic amines) is 1. The standard InChI is InChI=1S/C7H13NO/c1-6-3-4-8(2)5-7(6)9/h7,9H,1,3-5H2,2H3. The van der Waals surface area contributed by atoms with E-state index < -0.39 is 0 Å². The number of aliphatic hydroxyl groups is 1.